The van der Waals surface area contributed by atoms with Crippen molar-refractivity contribution >= 4 is 12.4 Å². The quantitative estimate of drug-likeness (QED) is 0.866. The molecule has 1 unspecified atom stereocenters. The van der Waals surface area contributed by atoms with Gasteiger partial charge in [-0.05, 0) is 45.4 Å². The third-order valence-electron chi connectivity index (χ3n) is 2.79. The lowest BCUT2D eigenvalue weighted by atomic mass is 9.92. The highest BCUT2D eigenvalue weighted by Gasteiger charge is 2.35. The van der Waals surface area contributed by atoms with Crippen LogP contribution in [-0.4, -0.2) is 18.0 Å². The van der Waals surface area contributed by atoms with Gasteiger partial charge in [-0.3, -0.25) is 0 Å². The number of alkyl carbamates (subject to hydrolysis) is 1. The lowest BCUT2D eigenvalue weighted by Crippen LogP contribution is -2.47. The summed E-state index contributed by atoms with van der Waals surface area (Å²) in [6.45, 7) is 6.21. The van der Waals surface area contributed by atoms with Gasteiger partial charge in [0.15, 0.2) is 0 Å². The summed E-state index contributed by atoms with van der Waals surface area (Å²) in [5.41, 5.74) is -3.29. The molecule has 1 N–H and O–H groups in total. The van der Waals surface area contributed by atoms with Crippen molar-refractivity contribution in [1.29, 1.82) is 0 Å². The fourth-order valence-electron chi connectivity index (χ4n) is 1.70. The maximum atomic E-state index is 12.7. The molecule has 0 aliphatic carbocycles. The molecule has 0 spiro atoms. The number of alkyl halides is 3. The summed E-state index contributed by atoms with van der Waals surface area (Å²) >= 11 is 0. The van der Waals surface area contributed by atoms with Crippen molar-refractivity contribution in [2.24, 2.45) is 0 Å². The van der Waals surface area contributed by atoms with Crippen LogP contribution in [0.15, 0.2) is 24.3 Å². The predicted octanol–water partition coefficient (Wildman–Crippen LogP) is 3.64. The van der Waals surface area contributed by atoms with E-state index in [1.165, 1.54) is 19.1 Å². The topological polar surface area (TPSA) is 55.4 Å². The fraction of sp³-hybridized carbons (Fsp3) is 0.467. The summed E-state index contributed by atoms with van der Waals surface area (Å²) in [7, 11) is 0. The Morgan fingerprint density at radius 3 is 2.14 bits per heavy atom. The van der Waals surface area contributed by atoms with Crippen LogP contribution >= 0.6 is 0 Å². The Labute approximate surface area is 126 Å². The summed E-state index contributed by atoms with van der Waals surface area (Å²) in [6, 6.07) is 4.23. The second kappa shape index (κ2) is 5.98. The normalized spacial score (nSPS) is 14.9. The summed E-state index contributed by atoms with van der Waals surface area (Å²) in [6.07, 6.45) is -5.06. The van der Waals surface area contributed by atoms with E-state index < -0.39 is 29.0 Å². The molecule has 0 aliphatic rings. The molecule has 0 aromatic heterocycles. The Morgan fingerprint density at radius 1 is 1.14 bits per heavy atom. The molecule has 1 amide bonds. The zero-order valence-electron chi connectivity index (χ0n) is 12.7. The van der Waals surface area contributed by atoms with Crippen molar-refractivity contribution < 1.29 is 27.5 Å². The highest BCUT2D eigenvalue weighted by molar-refractivity contribution is 5.78. The van der Waals surface area contributed by atoms with Gasteiger partial charge in [-0.25, -0.2) is 4.79 Å². The molecule has 122 valence electrons. The average molecular weight is 317 g/mol. The molecule has 4 nitrogen and oxygen atoms in total. The maximum Gasteiger partial charge on any atom is 0.416 e. The zero-order valence-corrected chi connectivity index (χ0v) is 12.7. The summed E-state index contributed by atoms with van der Waals surface area (Å²) in [5, 5.41) is 2.30. The van der Waals surface area contributed by atoms with E-state index in [9.17, 15) is 22.8 Å². The van der Waals surface area contributed by atoms with Crippen LogP contribution in [0.25, 0.3) is 0 Å². The Hall–Kier alpha value is -2.05. The van der Waals surface area contributed by atoms with Gasteiger partial charge in [-0.1, -0.05) is 12.1 Å². The van der Waals surface area contributed by atoms with Gasteiger partial charge in [0.1, 0.15) is 17.4 Å². The third-order valence-corrected chi connectivity index (χ3v) is 2.79. The number of amides is 1. The number of ether oxygens (including phenoxy) is 1. The van der Waals surface area contributed by atoms with Gasteiger partial charge in [0, 0.05) is 0 Å². The molecular weight excluding hydrogens is 299 g/mol. The van der Waals surface area contributed by atoms with Gasteiger partial charge in [0.05, 0.1) is 5.56 Å². The van der Waals surface area contributed by atoms with Crippen molar-refractivity contribution in [2.45, 2.75) is 45.0 Å². The molecule has 1 atom stereocenters. The second-order valence-electron chi connectivity index (χ2n) is 6.03. The van der Waals surface area contributed by atoms with E-state index in [4.69, 9.17) is 4.74 Å². The van der Waals surface area contributed by atoms with Crippen molar-refractivity contribution in [3.8, 4) is 0 Å². The fourth-order valence-corrected chi connectivity index (χ4v) is 1.70. The van der Waals surface area contributed by atoms with E-state index >= 15 is 0 Å². The van der Waals surface area contributed by atoms with Gasteiger partial charge < -0.3 is 14.8 Å². The minimum atomic E-state index is -4.54. The molecule has 0 heterocycles. The lowest BCUT2D eigenvalue weighted by molar-refractivity contribution is -0.137. The van der Waals surface area contributed by atoms with Gasteiger partial charge in [0.25, 0.3) is 0 Å². The van der Waals surface area contributed by atoms with E-state index in [0.29, 0.717) is 6.29 Å². The number of carbonyl (C=O) groups is 2. The molecule has 1 aromatic carbocycles. The Kier molecular flexibility index (Phi) is 4.89. The van der Waals surface area contributed by atoms with E-state index in [2.05, 4.69) is 5.32 Å². The first-order chi connectivity index (χ1) is 9.87. The van der Waals surface area contributed by atoms with Gasteiger partial charge in [0.2, 0.25) is 0 Å². The van der Waals surface area contributed by atoms with Crippen LogP contribution in [0.4, 0.5) is 18.0 Å². The van der Waals surface area contributed by atoms with Gasteiger partial charge in [-0.15, -0.1) is 0 Å². The number of carbonyl (C=O) groups excluding carboxylic acids is 2. The first kappa shape index (κ1) is 18.0. The molecular formula is C15H18F3NO3. The smallest absolute Gasteiger partial charge is 0.416 e. The predicted molar refractivity (Wildman–Crippen MR) is 74.2 cm³/mol. The highest BCUT2D eigenvalue weighted by Crippen LogP contribution is 2.31. The summed E-state index contributed by atoms with van der Waals surface area (Å²) in [4.78, 5) is 23.1. The van der Waals surface area contributed by atoms with Crippen LogP contribution in [0.5, 0.6) is 0 Å². The van der Waals surface area contributed by atoms with E-state index in [1.54, 1.807) is 20.8 Å². The number of nitrogens with one attached hydrogen (secondary N) is 1. The molecule has 0 saturated carbocycles. The van der Waals surface area contributed by atoms with Crippen LogP contribution in [0, 0.1) is 0 Å². The van der Waals surface area contributed by atoms with E-state index in [0.717, 1.165) is 12.1 Å². The highest BCUT2D eigenvalue weighted by atomic mass is 19.4. The molecule has 0 fully saturated rings. The lowest BCUT2D eigenvalue weighted by Gasteiger charge is -2.28. The van der Waals surface area contributed by atoms with Crippen molar-refractivity contribution in [2.75, 3.05) is 0 Å². The minimum absolute atomic E-state index is 0.0168. The number of hydrogen-bond acceptors (Lipinski definition) is 3. The van der Waals surface area contributed by atoms with Crippen LogP contribution in [0.1, 0.15) is 38.8 Å². The number of aldehydes is 1. The van der Waals surface area contributed by atoms with Crippen LogP contribution in [-0.2, 0) is 21.2 Å². The minimum Gasteiger partial charge on any atom is -0.444 e. The number of benzene rings is 1. The Bertz CT molecular complexity index is 564. The standard InChI is InChI=1S/C15H18F3NO3/c1-13(2,3)22-12(21)19-14(4,9-20)10-6-5-7-11(8-10)15(16,17)18/h5-9H,1-4H3,(H,19,21). The van der Waals surface area contributed by atoms with E-state index in [1.807, 2.05) is 0 Å². The first-order valence-corrected chi connectivity index (χ1v) is 6.53. The van der Waals surface area contributed by atoms with Crippen molar-refractivity contribution in [3.63, 3.8) is 0 Å². The number of halogens is 3. The zero-order chi connectivity index (χ0) is 17.2. The average Bonchev–Trinajstić information content (AvgIpc) is 2.35. The Balaban J connectivity index is 3.09. The first-order valence-electron chi connectivity index (χ1n) is 6.53. The molecule has 7 heteroatoms. The largest absolute Gasteiger partial charge is 0.444 e. The number of rotatable bonds is 3. The molecule has 0 aliphatic heterocycles. The molecule has 0 radical (unpaired) electrons. The number of hydrogen-bond donors (Lipinski definition) is 1. The monoisotopic (exact) mass is 317 g/mol. The van der Waals surface area contributed by atoms with Crippen LogP contribution in [0.3, 0.4) is 0 Å². The molecule has 1 rings (SSSR count). The Morgan fingerprint density at radius 2 is 1.68 bits per heavy atom. The van der Waals surface area contributed by atoms with Crippen LogP contribution < -0.4 is 5.32 Å². The third kappa shape index (κ3) is 4.75. The molecule has 1 aromatic rings. The van der Waals surface area contributed by atoms with E-state index in [-0.39, 0.29) is 5.56 Å². The SMILES string of the molecule is CC(C)(C)OC(=O)NC(C)(C=O)c1cccc(C(F)(F)F)c1. The molecule has 22 heavy (non-hydrogen) atoms. The maximum absolute atomic E-state index is 12.7. The van der Waals surface area contributed by atoms with Gasteiger partial charge in [-0.2, -0.15) is 13.2 Å². The van der Waals surface area contributed by atoms with Crippen molar-refractivity contribution in [1.82, 2.24) is 5.32 Å². The molecule has 0 saturated heterocycles. The second-order valence-corrected chi connectivity index (χ2v) is 6.03. The van der Waals surface area contributed by atoms with Crippen LogP contribution in [0.2, 0.25) is 0 Å². The van der Waals surface area contributed by atoms with Crippen molar-refractivity contribution in [3.05, 3.63) is 35.4 Å². The van der Waals surface area contributed by atoms with Gasteiger partial charge >= 0.3 is 12.3 Å². The molecule has 0 bridgehead atoms. The summed E-state index contributed by atoms with van der Waals surface area (Å²) in [5.74, 6) is 0. The summed E-state index contributed by atoms with van der Waals surface area (Å²) < 4.78 is 43.3.